The predicted octanol–water partition coefficient (Wildman–Crippen LogP) is 2.63. The van der Waals surface area contributed by atoms with Crippen LogP contribution in [0.2, 0.25) is 10.2 Å². The van der Waals surface area contributed by atoms with E-state index >= 15 is 0 Å². The summed E-state index contributed by atoms with van der Waals surface area (Å²) in [5.41, 5.74) is 0.0390. The Hall–Kier alpha value is -1.59. The summed E-state index contributed by atoms with van der Waals surface area (Å²) in [6.07, 6.45) is 1.34. The summed E-state index contributed by atoms with van der Waals surface area (Å²) >= 11 is 11.5. The Labute approximate surface area is 100 Å². The molecule has 7 heteroatoms. The van der Waals surface area contributed by atoms with Crippen LogP contribution in [-0.2, 0) is 0 Å². The highest BCUT2D eigenvalue weighted by Crippen LogP contribution is 2.17. The lowest BCUT2D eigenvalue weighted by Gasteiger charge is -2.02. The van der Waals surface area contributed by atoms with Crippen LogP contribution in [0.4, 0.5) is 5.82 Å². The third-order valence-corrected chi connectivity index (χ3v) is 2.22. The number of aromatic nitrogens is 2. The van der Waals surface area contributed by atoms with Gasteiger partial charge in [0.25, 0.3) is 5.91 Å². The largest absolute Gasteiger partial charge is 0.363 e. The molecule has 0 unspecified atom stereocenters. The number of carbonyl (C=O) groups excluding carboxylic acids is 1. The third kappa shape index (κ3) is 2.32. The summed E-state index contributed by atoms with van der Waals surface area (Å²) in [5.74, 6) is -0.218. The monoisotopic (exact) mass is 257 g/mol. The van der Waals surface area contributed by atoms with Crippen molar-refractivity contribution in [3.8, 4) is 0 Å². The second-order valence-electron chi connectivity index (χ2n) is 2.80. The van der Waals surface area contributed by atoms with Gasteiger partial charge in [-0.2, -0.15) is 0 Å². The van der Waals surface area contributed by atoms with Gasteiger partial charge in [0, 0.05) is 6.07 Å². The summed E-state index contributed by atoms with van der Waals surface area (Å²) < 4.78 is 4.56. The summed E-state index contributed by atoms with van der Waals surface area (Å²) in [4.78, 5) is 15.5. The summed E-state index contributed by atoms with van der Waals surface area (Å²) in [7, 11) is 0. The Balaban J connectivity index is 2.24. The molecule has 0 fully saturated rings. The molecule has 2 aromatic rings. The SMILES string of the molecule is O=C(Nc1ccon1)c1nc(Cl)ccc1Cl. The molecule has 0 atom stereocenters. The summed E-state index contributed by atoms with van der Waals surface area (Å²) in [6.45, 7) is 0. The average Bonchev–Trinajstić information content (AvgIpc) is 2.74. The molecular weight excluding hydrogens is 253 g/mol. The van der Waals surface area contributed by atoms with Crippen LogP contribution in [0.25, 0.3) is 0 Å². The van der Waals surface area contributed by atoms with E-state index in [0.29, 0.717) is 0 Å². The number of pyridine rings is 1. The maximum Gasteiger partial charge on any atom is 0.277 e. The Morgan fingerprint density at radius 1 is 1.31 bits per heavy atom. The van der Waals surface area contributed by atoms with Crippen LogP contribution >= 0.6 is 23.2 Å². The van der Waals surface area contributed by atoms with Crippen molar-refractivity contribution in [1.82, 2.24) is 10.1 Å². The highest BCUT2D eigenvalue weighted by atomic mass is 35.5. The van der Waals surface area contributed by atoms with Gasteiger partial charge in [0.15, 0.2) is 5.82 Å². The number of nitrogens with one attached hydrogen (secondary N) is 1. The van der Waals surface area contributed by atoms with Crippen LogP contribution in [0.1, 0.15) is 10.5 Å². The number of hydrogen-bond acceptors (Lipinski definition) is 4. The fraction of sp³-hybridized carbons (Fsp3) is 0. The maximum absolute atomic E-state index is 11.7. The van der Waals surface area contributed by atoms with E-state index in [0.717, 1.165) is 0 Å². The quantitative estimate of drug-likeness (QED) is 0.840. The van der Waals surface area contributed by atoms with Crippen LogP contribution in [-0.4, -0.2) is 16.0 Å². The first kappa shape index (κ1) is 10.9. The van der Waals surface area contributed by atoms with Gasteiger partial charge in [-0.1, -0.05) is 28.4 Å². The molecule has 0 radical (unpaired) electrons. The first-order valence-corrected chi connectivity index (χ1v) is 4.96. The topological polar surface area (TPSA) is 68.0 Å². The van der Waals surface area contributed by atoms with E-state index in [1.54, 1.807) is 0 Å². The summed E-state index contributed by atoms with van der Waals surface area (Å²) in [6, 6.07) is 4.49. The fourth-order valence-corrected chi connectivity index (χ4v) is 1.37. The van der Waals surface area contributed by atoms with Gasteiger partial charge in [0.2, 0.25) is 0 Å². The third-order valence-electron chi connectivity index (χ3n) is 1.71. The van der Waals surface area contributed by atoms with Crippen LogP contribution < -0.4 is 5.32 Å². The minimum absolute atomic E-state index is 0.0390. The van der Waals surface area contributed by atoms with E-state index in [4.69, 9.17) is 23.2 Å². The molecular formula is C9H5Cl2N3O2. The highest BCUT2D eigenvalue weighted by molar-refractivity contribution is 6.35. The smallest absolute Gasteiger partial charge is 0.277 e. The Bertz CT molecular complexity index is 513. The van der Waals surface area contributed by atoms with E-state index in [-0.39, 0.29) is 21.7 Å². The molecule has 2 rings (SSSR count). The minimum Gasteiger partial charge on any atom is -0.363 e. The number of amides is 1. The molecule has 2 aromatic heterocycles. The van der Waals surface area contributed by atoms with E-state index in [1.807, 2.05) is 0 Å². The number of halogens is 2. The molecule has 0 saturated heterocycles. The van der Waals surface area contributed by atoms with Crippen molar-refractivity contribution in [1.29, 1.82) is 0 Å². The van der Waals surface area contributed by atoms with Crippen molar-refractivity contribution >= 4 is 34.9 Å². The zero-order valence-electron chi connectivity index (χ0n) is 7.78. The van der Waals surface area contributed by atoms with Gasteiger partial charge in [-0.25, -0.2) is 4.98 Å². The lowest BCUT2D eigenvalue weighted by molar-refractivity contribution is 0.102. The van der Waals surface area contributed by atoms with E-state index in [2.05, 4.69) is 20.0 Å². The Morgan fingerprint density at radius 3 is 2.81 bits per heavy atom. The zero-order chi connectivity index (χ0) is 11.5. The first-order chi connectivity index (χ1) is 7.66. The van der Waals surface area contributed by atoms with Crippen LogP contribution in [0.15, 0.2) is 29.0 Å². The molecule has 2 heterocycles. The molecule has 16 heavy (non-hydrogen) atoms. The Kier molecular flexibility index (Phi) is 3.07. The molecule has 1 N–H and O–H groups in total. The van der Waals surface area contributed by atoms with Crippen molar-refractivity contribution in [3.63, 3.8) is 0 Å². The van der Waals surface area contributed by atoms with Gasteiger partial charge in [-0.15, -0.1) is 0 Å². The van der Waals surface area contributed by atoms with Crippen LogP contribution in [0.3, 0.4) is 0 Å². The molecule has 0 bridgehead atoms. The van der Waals surface area contributed by atoms with Crippen molar-refractivity contribution in [2.24, 2.45) is 0 Å². The normalized spacial score (nSPS) is 10.1. The Morgan fingerprint density at radius 2 is 2.12 bits per heavy atom. The molecule has 0 aliphatic carbocycles. The van der Waals surface area contributed by atoms with Gasteiger partial charge in [-0.3, -0.25) is 4.79 Å². The average molecular weight is 258 g/mol. The van der Waals surface area contributed by atoms with Gasteiger partial charge >= 0.3 is 0 Å². The number of anilines is 1. The second-order valence-corrected chi connectivity index (χ2v) is 3.60. The minimum atomic E-state index is -0.499. The van der Waals surface area contributed by atoms with Crippen molar-refractivity contribution in [2.45, 2.75) is 0 Å². The van der Waals surface area contributed by atoms with Crippen molar-refractivity contribution in [3.05, 3.63) is 40.3 Å². The molecule has 0 aliphatic heterocycles. The van der Waals surface area contributed by atoms with Gasteiger partial charge < -0.3 is 9.84 Å². The van der Waals surface area contributed by atoms with Crippen molar-refractivity contribution in [2.75, 3.05) is 5.32 Å². The predicted molar refractivity (Wildman–Crippen MR) is 58.7 cm³/mol. The lowest BCUT2D eigenvalue weighted by Crippen LogP contribution is -2.14. The van der Waals surface area contributed by atoms with Crippen LogP contribution in [0.5, 0.6) is 0 Å². The second kappa shape index (κ2) is 4.51. The number of hydrogen-bond donors (Lipinski definition) is 1. The maximum atomic E-state index is 11.7. The number of carbonyl (C=O) groups is 1. The molecule has 0 aliphatic rings. The fourth-order valence-electron chi connectivity index (χ4n) is 1.03. The van der Waals surface area contributed by atoms with Crippen molar-refractivity contribution < 1.29 is 9.32 Å². The lowest BCUT2D eigenvalue weighted by atomic mass is 10.3. The first-order valence-electron chi connectivity index (χ1n) is 4.20. The standard InChI is InChI=1S/C9H5Cl2N3O2/c10-5-1-2-6(11)12-8(5)9(15)13-7-3-4-16-14-7/h1-4H,(H,13,14,15). The molecule has 0 aromatic carbocycles. The van der Waals surface area contributed by atoms with E-state index in [9.17, 15) is 4.79 Å². The van der Waals surface area contributed by atoms with Gasteiger partial charge in [0.1, 0.15) is 17.1 Å². The zero-order valence-corrected chi connectivity index (χ0v) is 9.29. The highest BCUT2D eigenvalue weighted by Gasteiger charge is 2.14. The van der Waals surface area contributed by atoms with E-state index in [1.165, 1.54) is 24.5 Å². The molecule has 0 spiro atoms. The molecule has 82 valence electrons. The number of nitrogens with zero attached hydrogens (tertiary/aromatic N) is 2. The number of rotatable bonds is 2. The van der Waals surface area contributed by atoms with Crippen LogP contribution in [0, 0.1) is 0 Å². The van der Waals surface area contributed by atoms with Gasteiger partial charge in [0.05, 0.1) is 5.02 Å². The molecule has 0 saturated carbocycles. The molecule has 1 amide bonds. The van der Waals surface area contributed by atoms with Gasteiger partial charge in [-0.05, 0) is 12.1 Å². The van der Waals surface area contributed by atoms with E-state index < -0.39 is 5.91 Å². The summed E-state index contributed by atoms with van der Waals surface area (Å²) in [5, 5.41) is 6.38. The molecule has 5 nitrogen and oxygen atoms in total.